The molecule has 24 heavy (non-hydrogen) atoms. The molecule has 0 aromatic carbocycles. The van der Waals surface area contributed by atoms with Gasteiger partial charge in [0.1, 0.15) is 0 Å². The van der Waals surface area contributed by atoms with Crippen LogP contribution in [0, 0.1) is 5.92 Å². The van der Waals surface area contributed by atoms with Crippen LogP contribution in [0.15, 0.2) is 37.1 Å². The van der Waals surface area contributed by atoms with E-state index in [4.69, 9.17) is 4.74 Å². The van der Waals surface area contributed by atoms with E-state index in [2.05, 4.69) is 32.5 Å². The van der Waals surface area contributed by atoms with E-state index in [1.54, 1.807) is 0 Å². The number of aromatic nitrogens is 3. The molecule has 2 aliphatic heterocycles. The van der Waals surface area contributed by atoms with Crippen molar-refractivity contribution in [2.75, 3.05) is 19.7 Å². The number of pyridine rings is 1. The van der Waals surface area contributed by atoms with Crippen molar-refractivity contribution in [1.82, 2.24) is 19.4 Å². The Kier molecular flexibility index (Phi) is 4.37. The molecule has 2 aliphatic rings. The second-order valence-electron chi connectivity index (χ2n) is 7.40. The Labute approximate surface area is 143 Å². The molecule has 0 N–H and O–H groups in total. The summed E-state index contributed by atoms with van der Waals surface area (Å²) in [6, 6.07) is 4.20. The van der Waals surface area contributed by atoms with Gasteiger partial charge in [0.05, 0.1) is 24.2 Å². The molecule has 5 heteroatoms. The highest BCUT2D eigenvalue weighted by molar-refractivity contribution is 5.10. The summed E-state index contributed by atoms with van der Waals surface area (Å²) < 4.78 is 8.42. The molecule has 2 fully saturated rings. The molecule has 4 rings (SSSR count). The van der Waals surface area contributed by atoms with Crippen LogP contribution in [-0.4, -0.2) is 44.7 Å². The summed E-state index contributed by atoms with van der Waals surface area (Å²) in [6.45, 7) is 4.12. The first-order valence-corrected chi connectivity index (χ1v) is 8.93. The molecule has 0 saturated carbocycles. The highest BCUT2D eigenvalue weighted by Gasteiger charge is 2.42. The summed E-state index contributed by atoms with van der Waals surface area (Å²) >= 11 is 0. The molecule has 1 atom stereocenters. The number of ether oxygens (including phenoxy) is 1. The second kappa shape index (κ2) is 6.65. The van der Waals surface area contributed by atoms with Crippen molar-refractivity contribution in [1.29, 1.82) is 0 Å². The standard InChI is InChI=1S/C19H26N4O/c1-22-15-21-12-18(22)13-23-7-4-19(5-8-23)10-17(14-24-19)9-16-3-2-6-20-11-16/h2-3,6,11-12,15,17H,4-5,7-10,13-14H2,1H3/t17-/m0/s1. The molecule has 0 amide bonds. The topological polar surface area (TPSA) is 43.2 Å². The van der Waals surface area contributed by atoms with Gasteiger partial charge in [-0.25, -0.2) is 4.98 Å². The van der Waals surface area contributed by atoms with Crippen molar-refractivity contribution in [3.63, 3.8) is 0 Å². The number of piperidine rings is 1. The molecule has 128 valence electrons. The zero-order valence-electron chi connectivity index (χ0n) is 14.4. The van der Waals surface area contributed by atoms with E-state index >= 15 is 0 Å². The van der Waals surface area contributed by atoms with Crippen LogP contribution in [0.5, 0.6) is 0 Å². The van der Waals surface area contributed by atoms with E-state index in [1.165, 1.54) is 17.7 Å². The largest absolute Gasteiger partial charge is 0.375 e. The zero-order chi connectivity index (χ0) is 16.4. The Hall–Kier alpha value is -1.72. The van der Waals surface area contributed by atoms with Gasteiger partial charge in [-0.05, 0) is 43.2 Å². The third-order valence-corrected chi connectivity index (χ3v) is 5.60. The minimum absolute atomic E-state index is 0.121. The Morgan fingerprint density at radius 3 is 2.83 bits per heavy atom. The monoisotopic (exact) mass is 326 g/mol. The lowest BCUT2D eigenvalue weighted by atomic mass is 9.83. The molecule has 2 aromatic rings. The normalized spacial score (nSPS) is 23.8. The lowest BCUT2D eigenvalue weighted by Crippen LogP contribution is -2.43. The van der Waals surface area contributed by atoms with Gasteiger partial charge in [0.25, 0.3) is 0 Å². The van der Waals surface area contributed by atoms with Gasteiger partial charge in [0, 0.05) is 45.3 Å². The average Bonchev–Trinajstić information content (AvgIpc) is 3.18. The van der Waals surface area contributed by atoms with Crippen LogP contribution < -0.4 is 0 Å². The fourth-order valence-electron chi connectivity index (χ4n) is 4.16. The maximum Gasteiger partial charge on any atom is 0.0945 e. The quantitative estimate of drug-likeness (QED) is 0.865. The first-order chi connectivity index (χ1) is 11.7. The van der Waals surface area contributed by atoms with E-state index in [1.807, 2.05) is 31.0 Å². The van der Waals surface area contributed by atoms with Crippen LogP contribution in [0.1, 0.15) is 30.5 Å². The number of nitrogens with zero attached hydrogens (tertiary/aromatic N) is 4. The lowest BCUT2D eigenvalue weighted by Gasteiger charge is -2.38. The van der Waals surface area contributed by atoms with E-state index in [9.17, 15) is 0 Å². The highest BCUT2D eigenvalue weighted by Crippen LogP contribution is 2.39. The third kappa shape index (κ3) is 3.37. The second-order valence-corrected chi connectivity index (χ2v) is 7.40. The Morgan fingerprint density at radius 1 is 1.25 bits per heavy atom. The number of imidazole rings is 1. The minimum atomic E-state index is 0.121. The lowest BCUT2D eigenvalue weighted by molar-refractivity contribution is -0.0453. The van der Waals surface area contributed by atoms with Crippen LogP contribution in [0.2, 0.25) is 0 Å². The predicted octanol–water partition coefficient (Wildman–Crippen LogP) is 2.43. The first kappa shape index (κ1) is 15.8. The third-order valence-electron chi connectivity index (χ3n) is 5.60. The highest BCUT2D eigenvalue weighted by atomic mass is 16.5. The van der Waals surface area contributed by atoms with Gasteiger partial charge < -0.3 is 9.30 Å². The molecule has 4 heterocycles. The summed E-state index contributed by atoms with van der Waals surface area (Å²) in [7, 11) is 2.07. The summed E-state index contributed by atoms with van der Waals surface area (Å²) in [6.07, 6.45) is 12.3. The number of likely N-dealkylation sites (tertiary alicyclic amines) is 1. The average molecular weight is 326 g/mol. The van der Waals surface area contributed by atoms with Crippen LogP contribution in [0.4, 0.5) is 0 Å². The first-order valence-electron chi connectivity index (χ1n) is 8.93. The summed E-state index contributed by atoms with van der Waals surface area (Å²) in [5, 5.41) is 0. The molecule has 0 radical (unpaired) electrons. The molecule has 0 unspecified atom stereocenters. The maximum atomic E-state index is 6.31. The number of rotatable bonds is 4. The van der Waals surface area contributed by atoms with Crippen molar-refractivity contribution in [2.45, 2.75) is 37.8 Å². The predicted molar refractivity (Wildman–Crippen MR) is 92.5 cm³/mol. The molecule has 2 aromatic heterocycles. The van der Waals surface area contributed by atoms with Crippen LogP contribution in [0.25, 0.3) is 0 Å². The number of hydrogen-bond donors (Lipinski definition) is 0. The van der Waals surface area contributed by atoms with Crippen LogP contribution in [-0.2, 0) is 24.8 Å². The van der Waals surface area contributed by atoms with E-state index in [-0.39, 0.29) is 5.60 Å². The van der Waals surface area contributed by atoms with Crippen LogP contribution in [0.3, 0.4) is 0 Å². The summed E-state index contributed by atoms with van der Waals surface area (Å²) in [5.74, 6) is 0.637. The molecule has 1 spiro atoms. The maximum absolute atomic E-state index is 6.31. The fourth-order valence-corrected chi connectivity index (χ4v) is 4.16. The van der Waals surface area contributed by atoms with Crippen molar-refractivity contribution >= 4 is 0 Å². The molecule has 5 nitrogen and oxygen atoms in total. The minimum Gasteiger partial charge on any atom is -0.375 e. The zero-order valence-corrected chi connectivity index (χ0v) is 14.4. The van der Waals surface area contributed by atoms with Gasteiger partial charge in [0.2, 0.25) is 0 Å². The number of aryl methyl sites for hydroxylation is 1. The number of hydrogen-bond acceptors (Lipinski definition) is 4. The molecular formula is C19H26N4O. The van der Waals surface area contributed by atoms with Crippen molar-refractivity contribution < 1.29 is 4.74 Å². The van der Waals surface area contributed by atoms with Gasteiger partial charge in [-0.1, -0.05) is 6.07 Å². The molecule has 0 aliphatic carbocycles. The van der Waals surface area contributed by atoms with Gasteiger partial charge >= 0.3 is 0 Å². The summed E-state index contributed by atoms with van der Waals surface area (Å²) in [4.78, 5) is 11.0. The SMILES string of the molecule is Cn1cncc1CN1CCC2(CC1)C[C@H](Cc1cccnc1)CO2. The van der Waals surface area contributed by atoms with E-state index in [0.29, 0.717) is 5.92 Å². The van der Waals surface area contributed by atoms with Crippen molar-refractivity contribution in [3.05, 3.63) is 48.3 Å². The molecule has 0 bridgehead atoms. The van der Waals surface area contributed by atoms with Crippen LogP contribution >= 0.6 is 0 Å². The van der Waals surface area contributed by atoms with E-state index in [0.717, 1.165) is 45.5 Å². The smallest absolute Gasteiger partial charge is 0.0945 e. The molecular weight excluding hydrogens is 300 g/mol. The Morgan fingerprint density at radius 2 is 2.12 bits per heavy atom. The van der Waals surface area contributed by atoms with Gasteiger partial charge in [0.15, 0.2) is 0 Å². The summed E-state index contributed by atoms with van der Waals surface area (Å²) in [5.41, 5.74) is 2.74. The van der Waals surface area contributed by atoms with Crippen molar-refractivity contribution in [2.24, 2.45) is 13.0 Å². The Bertz CT molecular complexity index is 661. The fraction of sp³-hybridized carbons (Fsp3) is 0.579. The van der Waals surface area contributed by atoms with E-state index < -0.39 is 0 Å². The van der Waals surface area contributed by atoms with Gasteiger partial charge in [-0.2, -0.15) is 0 Å². The van der Waals surface area contributed by atoms with Gasteiger partial charge in [-0.15, -0.1) is 0 Å². The van der Waals surface area contributed by atoms with Gasteiger partial charge in [-0.3, -0.25) is 9.88 Å². The molecule has 2 saturated heterocycles. The van der Waals surface area contributed by atoms with Crippen molar-refractivity contribution in [3.8, 4) is 0 Å². The Balaban J connectivity index is 1.30.